The van der Waals surface area contributed by atoms with Crippen molar-refractivity contribution < 1.29 is 0 Å². The van der Waals surface area contributed by atoms with Crippen molar-refractivity contribution in [1.29, 1.82) is 0 Å². The fourth-order valence-corrected chi connectivity index (χ4v) is 11.3. The lowest BCUT2D eigenvalue weighted by Crippen LogP contribution is -2.22. The molecule has 2 atom stereocenters. The molecule has 1 fully saturated rings. The molecular formula is C68H65ClN2. The molecule has 2 heterocycles. The van der Waals surface area contributed by atoms with Gasteiger partial charge in [-0.3, -0.25) is 9.97 Å². The minimum atomic E-state index is -0.00980. The molecule has 2 aromatic heterocycles. The minimum absolute atomic E-state index is 0.00980. The normalized spacial score (nSPS) is 16.2. The summed E-state index contributed by atoms with van der Waals surface area (Å²) in [6.07, 6.45) is 7.13. The summed E-state index contributed by atoms with van der Waals surface area (Å²) in [7, 11) is 0. The average molecular weight is 946 g/mol. The lowest BCUT2D eigenvalue weighted by molar-refractivity contribution is 0.352. The van der Waals surface area contributed by atoms with Gasteiger partial charge in [0.2, 0.25) is 0 Å². The predicted molar refractivity (Wildman–Crippen MR) is 301 cm³/mol. The monoisotopic (exact) mass is 944 g/mol. The van der Waals surface area contributed by atoms with Crippen molar-refractivity contribution in [1.82, 2.24) is 9.97 Å². The van der Waals surface area contributed by atoms with Crippen molar-refractivity contribution in [3.8, 4) is 67.0 Å². The molecule has 1 saturated carbocycles. The van der Waals surface area contributed by atoms with Gasteiger partial charge in [-0.1, -0.05) is 217 Å². The van der Waals surface area contributed by atoms with Crippen LogP contribution in [-0.2, 0) is 10.8 Å². The zero-order chi connectivity index (χ0) is 49.4. The number of pyridine rings is 2. The van der Waals surface area contributed by atoms with E-state index in [1.54, 1.807) is 0 Å². The van der Waals surface area contributed by atoms with Crippen molar-refractivity contribution in [3.63, 3.8) is 0 Å². The molecule has 0 radical (unpaired) electrons. The van der Waals surface area contributed by atoms with Gasteiger partial charge >= 0.3 is 0 Å². The van der Waals surface area contributed by atoms with Crippen LogP contribution in [0.25, 0.3) is 67.0 Å². The Labute approximate surface area is 427 Å². The summed E-state index contributed by atoms with van der Waals surface area (Å²) >= 11 is 7.16. The molecule has 7 aromatic carbocycles. The Hall–Kier alpha value is -6.87. The van der Waals surface area contributed by atoms with Gasteiger partial charge < -0.3 is 0 Å². The number of aryl methyl sites for hydroxylation is 2. The highest BCUT2D eigenvalue weighted by molar-refractivity contribution is 6.31. The van der Waals surface area contributed by atoms with E-state index in [1.165, 1.54) is 83.5 Å². The smallest absolute Gasteiger partial charge is 0.0705 e. The van der Waals surface area contributed by atoms with E-state index in [0.29, 0.717) is 11.8 Å². The van der Waals surface area contributed by atoms with E-state index >= 15 is 0 Å². The summed E-state index contributed by atoms with van der Waals surface area (Å²) in [5, 5.41) is 0.857. The highest BCUT2D eigenvalue weighted by atomic mass is 35.5. The van der Waals surface area contributed by atoms with E-state index in [2.05, 4.69) is 237 Å². The van der Waals surface area contributed by atoms with Crippen molar-refractivity contribution in [2.45, 2.75) is 103 Å². The van der Waals surface area contributed by atoms with Crippen LogP contribution >= 0.6 is 11.6 Å². The molecule has 0 aliphatic heterocycles. The van der Waals surface area contributed by atoms with Gasteiger partial charge in [0.25, 0.3) is 0 Å². The molecular weight excluding hydrogens is 880 g/mol. The van der Waals surface area contributed by atoms with Gasteiger partial charge in [-0.25, -0.2) is 0 Å². The lowest BCUT2D eigenvalue weighted by atomic mass is 9.66. The molecule has 1 aliphatic carbocycles. The molecule has 9 aromatic rings. The maximum absolute atomic E-state index is 7.16. The molecule has 71 heavy (non-hydrogen) atoms. The van der Waals surface area contributed by atoms with Crippen LogP contribution < -0.4 is 0 Å². The van der Waals surface area contributed by atoms with E-state index in [9.17, 15) is 0 Å². The SMILES string of the molecule is Cc1cc(-c2ccc(-c3cc(C(C)(C)C)ccc3C3CC(c4ccccc4Cl)CC(c4ccc(C(C)(C)C)cc4-c4ccc(-c5cc(C)c(-c6ccccc6)cn5)cc4)C3)cc2)ncc1-c1ccccc1. The van der Waals surface area contributed by atoms with Gasteiger partial charge in [0.1, 0.15) is 0 Å². The van der Waals surface area contributed by atoms with Gasteiger partial charge in [-0.15, -0.1) is 0 Å². The number of halogens is 1. The molecule has 0 saturated heterocycles. The third-order valence-electron chi connectivity index (χ3n) is 15.1. The molecule has 1 aliphatic rings. The number of hydrogen-bond donors (Lipinski definition) is 0. The zero-order valence-electron chi connectivity index (χ0n) is 42.6. The summed E-state index contributed by atoms with van der Waals surface area (Å²) < 4.78 is 0. The van der Waals surface area contributed by atoms with E-state index < -0.39 is 0 Å². The first-order valence-electron chi connectivity index (χ1n) is 25.5. The third-order valence-corrected chi connectivity index (χ3v) is 15.5. The fraction of sp³-hybridized carbons (Fsp3) is 0.235. The maximum atomic E-state index is 7.16. The zero-order valence-corrected chi connectivity index (χ0v) is 43.4. The van der Waals surface area contributed by atoms with Gasteiger partial charge in [0.05, 0.1) is 11.4 Å². The number of hydrogen-bond acceptors (Lipinski definition) is 2. The lowest BCUT2D eigenvalue weighted by Gasteiger charge is -2.38. The van der Waals surface area contributed by atoms with Crippen molar-refractivity contribution in [2.75, 3.05) is 0 Å². The third kappa shape index (κ3) is 10.2. The summed E-state index contributed by atoms with van der Waals surface area (Å²) in [5.74, 6) is 0.863. The Morgan fingerprint density at radius 3 is 1.10 bits per heavy atom. The van der Waals surface area contributed by atoms with Crippen LogP contribution in [0.2, 0.25) is 5.02 Å². The van der Waals surface area contributed by atoms with Crippen molar-refractivity contribution in [2.24, 2.45) is 0 Å². The number of nitrogens with zero attached hydrogens (tertiary/aromatic N) is 2. The number of benzene rings is 7. The van der Waals surface area contributed by atoms with Crippen LogP contribution in [0.15, 0.2) is 194 Å². The van der Waals surface area contributed by atoms with E-state index in [-0.39, 0.29) is 16.7 Å². The topological polar surface area (TPSA) is 25.8 Å². The highest BCUT2D eigenvalue weighted by Gasteiger charge is 2.35. The van der Waals surface area contributed by atoms with Crippen LogP contribution in [0.5, 0.6) is 0 Å². The summed E-state index contributed by atoms with van der Waals surface area (Å²) in [4.78, 5) is 9.95. The fourth-order valence-electron chi connectivity index (χ4n) is 11.1. The molecule has 354 valence electrons. The van der Waals surface area contributed by atoms with Crippen LogP contribution in [0.4, 0.5) is 0 Å². The predicted octanol–water partition coefficient (Wildman–Crippen LogP) is 19.2. The van der Waals surface area contributed by atoms with Gasteiger partial charge in [0, 0.05) is 39.7 Å². The van der Waals surface area contributed by atoms with Gasteiger partial charge in [-0.2, -0.15) is 0 Å². The van der Waals surface area contributed by atoms with Crippen molar-refractivity contribution >= 4 is 11.6 Å². The Balaban J connectivity index is 1.03. The standard InChI is InChI=1S/C68H65ClN2/c1-44-35-65(70-42-62(44)46-17-11-9-12-18-46)50-27-23-48(24-28-50)60-40-55(67(3,4)5)31-33-57(60)52-37-53(39-54(38-52)59-21-15-16-22-64(59)69)58-34-32-56(68(6,7)8)41-61(58)49-25-29-51(30-26-49)66-36-45(2)63(43-71-66)47-19-13-10-14-20-47/h9-36,40-43,52-54H,37-39H2,1-8H3. The first-order valence-corrected chi connectivity index (χ1v) is 25.8. The van der Waals surface area contributed by atoms with Crippen LogP contribution in [0.3, 0.4) is 0 Å². The molecule has 3 heteroatoms. The van der Waals surface area contributed by atoms with Crippen molar-refractivity contribution in [3.05, 3.63) is 238 Å². The quantitative estimate of drug-likeness (QED) is 0.144. The molecule has 0 amide bonds. The Morgan fingerprint density at radius 1 is 0.366 bits per heavy atom. The second kappa shape index (κ2) is 19.7. The molecule has 0 N–H and O–H groups in total. The van der Waals surface area contributed by atoms with Crippen LogP contribution in [0.1, 0.15) is 118 Å². The Morgan fingerprint density at radius 2 is 0.718 bits per heavy atom. The second-order valence-electron chi connectivity index (χ2n) is 22.1. The molecule has 0 bridgehead atoms. The molecule has 0 spiro atoms. The summed E-state index contributed by atoms with van der Waals surface area (Å²) in [6.45, 7) is 18.3. The first-order chi connectivity index (χ1) is 34.2. The largest absolute Gasteiger partial charge is 0.256 e. The number of rotatable bonds is 9. The number of aromatic nitrogens is 2. The molecule has 2 nitrogen and oxygen atoms in total. The highest BCUT2D eigenvalue weighted by Crippen LogP contribution is 2.53. The van der Waals surface area contributed by atoms with Gasteiger partial charge in [0.15, 0.2) is 0 Å². The Bertz CT molecular complexity index is 3120. The first kappa shape index (κ1) is 47.8. The van der Waals surface area contributed by atoms with E-state index in [1.807, 2.05) is 12.4 Å². The summed E-state index contributed by atoms with van der Waals surface area (Å²) in [6, 6.07) is 67.0. The average Bonchev–Trinajstić information content (AvgIpc) is 3.38. The second-order valence-corrected chi connectivity index (χ2v) is 22.5. The molecule has 10 rings (SSSR count). The van der Waals surface area contributed by atoms with E-state index in [4.69, 9.17) is 21.6 Å². The maximum Gasteiger partial charge on any atom is 0.0705 e. The van der Waals surface area contributed by atoms with Gasteiger partial charge in [-0.05, 0) is 152 Å². The van der Waals surface area contributed by atoms with Crippen LogP contribution in [0, 0.1) is 13.8 Å². The van der Waals surface area contributed by atoms with Crippen LogP contribution in [-0.4, -0.2) is 9.97 Å². The summed E-state index contributed by atoms with van der Waals surface area (Å²) in [5.41, 5.74) is 23.2. The minimum Gasteiger partial charge on any atom is -0.256 e. The van der Waals surface area contributed by atoms with E-state index in [0.717, 1.165) is 46.8 Å². The Kier molecular flexibility index (Phi) is 13.3. The molecule has 2 unspecified atom stereocenters.